The van der Waals surface area contributed by atoms with Crippen LogP contribution in [0.2, 0.25) is 0 Å². The number of aromatic nitrogens is 1. The van der Waals surface area contributed by atoms with Gasteiger partial charge in [-0.05, 0) is 36.4 Å². The maximum absolute atomic E-state index is 6.42. The predicted molar refractivity (Wildman–Crippen MR) is 109 cm³/mol. The van der Waals surface area contributed by atoms with Crippen LogP contribution in [0.4, 0.5) is 0 Å². The summed E-state index contributed by atoms with van der Waals surface area (Å²) in [6, 6.07) is 26.7. The lowest BCUT2D eigenvalue weighted by Gasteiger charge is -2.35. The largest absolute Gasteiger partial charge is 0.456 e. The minimum Gasteiger partial charge on any atom is -0.456 e. The van der Waals surface area contributed by atoms with Crippen LogP contribution in [-0.4, -0.2) is 4.98 Å². The number of rotatable bonds is 1. The first kappa shape index (κ1) is 15.0. The van der Waals surface area contributed by atoms with Crippen LogP contribution in [0.3, 0.4) is 0 Å². The van der Waals surface area contributed by atoms with Crippen molar-refractivity contribution in [2.75, 3.05) is 0 Å². The molecule has 0 saturated carbocycles. The highest BCUT2D eigenvalue weighted by atomic mass is 31.1. The summed E-state index contributed by atoms with van der Waals surface area (Å²) in [6.07, 6.45) is 1.81. The second kappa shape index (κ2) is 5.67. The number of fused-ring (bicyclic) bond motifs is 4. The van der Waals surface area contributed by atoms with E-state index in [1.807, 2.05) is 60.8 Å². The van der Waals surface area contributed by atoms with Gasteiger partial charge in [0.15, 0.2) is 0 Å². The van der Waals surface area contributed by atoms with Gasteiger partial charge in [-0.15, -0.1) is 0 Å². The molecule has 2 aliphatic rings. The molecule has 4 heteroatoms. The van der Waals surface area contributed by atoms with Gasteiger partial charge in [0.05, 0.1) is 11.0 Å². The Hall–Kier alpha value is -3.16. The SMILES string of the molecule is c1ccc(-c2ccc3c4c2Oc2ccccc2P4c2ccccc2O3)nc1. The number of benzene rings is 3. The van der Waals surface area contributed by atoms with Crippen molar-refractivity contribution in [3.63, 3.8) is 0 Å². The molecule has 3 aromatic carbocycles. The van der Waals surface area contributed by atoms with Gasteiger partial charge in [0.1, 0.15) is 23.0 Å². The van der Waals surface area contributed by atoms with Crippen molar-refractivity contribution in [3.8, 4) is 34.3 Å². The maximum Gasteiger partial charge on any atom is 0.148 e. The van der Waals surface area contributed by atoms with E-state index in [9.17, 15) is 0 Å². The molecule has 0 N–H and O–H groups in total. The Morgan fingerprint density at radius 1 is 0.630 bits per heavy atom. The molecule has 1 aromatic heterocycles. The second-order valence-electron chi connectivity index (χ2n) is 6.48. The van der Waals surface area contributed by atoms with Crippen LogP contribution in [0, 0.1) is 0 Å². The normalized spacial score (nSPS) is 15.6. The van der Waals surface area contributed by atoms with Gasteiger partial charge in [0.25, 0.3) is 0 Å². The Bertz CT molecular complexity index is 1180. The van der Waals surface area contributed by atoms with Crippen molar-refractivity contribution in [2.24, 2.45) is 0 Å². The third-order valence-corrected chi connectivity index (χ3v) is 7.48. The van der Waals surface area contributed by atoms with Gasteiger partial charge in [-0.2, -0.15) is 0 Å². The molecule has 0 bridgehead atoms. The van der Waals surface area contributed by atoms with Crippen LogP contribution < -0.4 is 25.4 Å². The first-order chi connectivity index (χ1) is 13.4. The summed E-state index contributed by atoms with van der Waals surface area (Å²) in [5, 5.41) is 3.61. The Labute approximate surface area is 158 Å². The van der Waals surface area contributed by atoms with Crippen LogP contribution in [-0.2, 0) is 0 Å². The van der Waals surface area contributed by atoms with Crippen molar-refractivity contribution in [2.45, 2.75) is 0 Å². The van der Waals surface area contributed by atoms with E-state index in [4.69, 9.17) is 9.47 Å². The average Bonchev–Trinajstić information content (AvgIpc) is 2.74. The molecule has 2 aliphatic heterocycles. The Morgan fingerprint density at radius 2 is 1.33 bits per heavy atom. The zero-order valence-electron chi connectivity index (χ0n) is 14.3. The molecule has 27 heavy (non-hydrogen) atoms. The Kier molecular flexibility index (Phi) is 3.14. The third kappa shape index (κ3) is 2.16. The van der Waals surface area contributed by atoms with E-state index in [1.54, 1.807) is 0 Å². The van der Waals surface area contributed by atoms with Crippen molar-refractivity contribution in [1.82, 2.24) is 4.98 Å². The van der Waals surface area contributed by atoms with Crippen molar-refractivity contribution >= 4 is 23.8 Å². The summed E-state index contributed by atoms with van der Waals surface area (Å²) in [5.41, 5.74) is 1.91. The number of hydrogen-bond acceptors (Lipinski definition) is 3. The lowest BCUT2D eigenvalue weighted by Crippen LogP contribution is -2.32. The van der Waals surface area contributed by atoms with Crippen LogP contribution in [0.5, 0.6) is 23.0 Å². The molecule has 128 valence electrons. The molecule has 0 radical (unpaired) electrons. The van der Waals surface area contributed by atoms with Crippen molar-refractivity contribution in [3.05, 3.63) is 85.1 Å². The summed E-state index contributed by atoms with van der Waals surface area (Å²) in [4.78, 5) is 4.54. The minimum atomic E-state index is -0.735. The topological polar surface area (TPSA) is 31.4 Å². The Balaban J connectivity index is 1.68. The molecule has 1 atom stereocenters. The van der Waals surface area contributed by atoms with Crippen LogP contribution in [0.1, 0.15) is 0 Å². The van der Waals surface area contributed by atoms with Gasteiger partial charge >= 0.3 is 0 Å². The molecule has 3 nitrogen and oxygen atoms in total. The predicted octanol–water partition coefficient (Wildman–Crippen LogP) is 4.72. The molecular formula is C23H14NO2P. The number of para-hydroxylation sites is 2. The molecule has 0 aliphatic carbocycles. The van der Waals surface area contributed by atoms with Gasteiger partial charge in [-0.25, -0.2) is 0 Å². The molecule has 1 unspecified atom stereocenters. The summed E-state index contributed by atoms with van der Waals surface area (Å²) in [5.74, 6) is 3.60. The van der Waals surface area contributed by atoms with E-state index < -0.39 is 7.92 Å². The molecule has 0 saturated heterocycles. The number of hydrogen-bond donors (Lipinski definition) is 0. The molecule has 0 amide bonds. The summed E-state index contributed by atoms with van der Waals surface area (Å²) in [6.45, 7) is 0. The van der Waals surface area contributed by atoms with E-state index in [0.29, 0.717) is 0 Å². The summed E-state index contributed by atoms with van der Waals surface area (Å²) >= 11 is 0. The third-order valence-electron chi connectivity index (χ3n) is 4.90. The zero-order valence-corrected chi connectivity index (χ0v) is 15.2. The number of nitrogens with zero attached hydrogens (tertiary/aromatic N) is 1. The first-order valence-electron chi connectivity index (χ1n) is 8.82. The highest BCUT2D eigenvalue weighted by Crippen LogP contribution is 2.54. The standard InChI is InChI=1S/C23H14NO2P/c1-3-10-20-17(8-1)25-19-13-12-15(16-7-5-6-14-24-16)22-23(19)27(20)21-11-4-2-9-18(21)26-22/h1-14H. The van der Waals surface area contributed by atoms with E-state index in [0.717, 1.165) is 39.6 Å². The fourth-order valence-corrected chi connectivity index (χ4v) is 6.33. The molecule has 0 fully saturated rings. The maximum atomic E-state index is 6.42. The highest BCUT2D eigenvalue weighted by Gasteiger charge is 2.38. The van der Waals surface area contributed by atoms with Gasteiger partial charge in [0.2, 0.25) is 0 Å². The first-order valence-corrected chi connectivity index (χ1v) is 10.2. The fraction of sp³-hybridized carbons (Fsp3) is 0. The van der Waals surface area contributed by atoms with Gasteiger partial charge in [0, 0.05) is 30.3 Å². The van der Waals surface area contributed by atoms with E-state index in [2.05, 4.69) is 29.2 Å². The monoisotopic (exact) mass is 367 g/mol. The quantitative estimate of drug-likeness (QED) is 0.394. The lowest BCUT2D eigenvalue weighted by molar-refractivity contribution is 0.467. The molecular weight excluding hydrogens is 353 g/mol. The smallest absolute Gasteiger partial charge is 0.148 e. The average molecular weight is 367 g/mol. The molecule has 6 rings (SSSR count). The van der Waals surface area contributed by atoms with Gasteiger partial charge in [-0.3, -0.25) is 4.98 Å². The van der Waals surface area contributed by atoms with Gasteiger partial charge < -0.3 is 9.47 Å². The van der Waals surface area contributed by atoms with E-state index in [-0.39, 0.29) is 0 Å². The number of pyridine rings is 1. The van der Waals surface area contributed by atoms with Crippen LogP contribution >= 0.6 is 7.92 Å². The second-order valence-corrected chi connectivity index (χ2v) is 8.56. The molecule has 3 heterocycles. The Morgan fingerprint density at radius 3 is 2.07 bits per heavy atom. The summed E-state index contributed by atoms with van der Waals surface area (Å²) in [7, 11) is -0.735. The van der Waals surface area contributed by atoms with Crippen LogP contribution in [0.15, 0.2) is 85.1 Å². The molecule has 0 spiro atoms. The highest BCUT2D eigenvalue weighted by molar-refractivity contribution is 7.80. The number of ether oxygens (including phenoxy) is 2. The van der Waals surface area contributed by atoms with E-state index >= 15 is 0 Å². The van der Waals surface area contributed by atoms with Crippen molar-refractivity contribution < 1.29 is 9.47 Å². The van der Waals surface area contributed by atoms with E-state index in [1.165, 1.54) is 10.6 Å². The summed E-state index contributed by atoms with van der Waals surface area (Å²) < 4.78 is 12.7. The minimum absolute atomic E-state index is 0.735. The fourth-order valence-electron chi connectivity index (χ4n) is 3.73. The zero-order chi connectivity index (χ0) is 17.8. The van der Waals surface area contributed by atoms with Gasteiger partial charge in [-0.1, -0.05) is 42.5 Å². The van der Waals surface area contributed by atoms with Crippen molar-refractivity contribution in [1.29, 1.82) is 0 Å². The van der Waals surface area contributed by atoms with Crippen LogP contribution in [0.25, 0.3) is 11.3 Å². The molecule has 4 aromatic rings. The lowest BCUT2D eigenvalue weighted by atomic mass is 10.1.